The highest BCUT2D eigenvalue weighted by Gasteiger charge is 2.65. The van der Waals surface area contributed by atoms with E-state index in [1.54, 1.807) is 0 Å². The Balaban J connectivity index is 2.04. The van der Waals surface area contributed by atoms with Gasteiger partial charge in [-0.2, -0.15) is 0 Å². The van der Waals surface area contributed by atoms with E-state index in [4.69, 9.17) is 9.47 Å². The van der Waals surface area contributed by atoms with Crippen molar-refractivity contribution in [2.75, 3.05) is 0 Å². The fraction of sp³-hybridized carbons (Fsp3) is 0.833. The lowest BCUT2D eigenvalue weighted by molar-refractivity contribution is -0.123. The normalized spacial score (nSPS) is 60.2. The van der Waals surface area contributed by atoms with E-state index in [0.717, 1.165) is 0 Å². The summed E-state index contributed by atoms with van der Waals surface area (Å²) in [6.45, 7) is 0. The first-order chi connectivity index (χ1) is 4.36. The van der Waals surface area contributed by atoms with Gasteiger partial charge in [-0.05, 0) is 0 Å². The molecule has 9 heavy (non-hydrogen) atoms. The van der Waals surface area contributed by atoms with Gasteiger partial charge in [-0.15, -0.1) is 0 Å². The van der Waals surface area contributed by atoms with Crippen LogP contribution in [0.4, 0.5) is 0 Å². The number of carbonyl (C=O) groups excluding carboxylic acids is 1. The number of ether oxygens (including phenoxy) is 2. The van der Waals surface area contributed by atoms with E-state index in [0.29, 0.717) is 6.42 Å². The molecule has 0 spiro atoms. The number of ketones is 1. The molecule has 0 aromatic carbocycles. The summed E-state index contributed by atoms with van der Waals surface area (Å²) in [6, 6.07) is 0. The molecule has 0 radical (unpaired) electrons. The summed E-state index contributed by atoms with van der Waals surface area (Å²) >= 11 is 0. The van der Waals surface area contributed by atoms with Crippen molar-refractivity contribution in [3.63, 3.8) is 0 Å². The predicted molar refractivity (Wildman–Crippen MR) is 26.9 cm³/mol. The molecule has 3 fully saturated rings. The van der Waals surface area contributed by atoms with Gasteiger partial charge >= 0.3 is 0 Å². The van der Waals surface area contributed by atoms with Gasteiger partial charge in [-0.3, -0.25) is 4.79 Å². The molecule has 48 valence electrons. The second-order valence-electron chi connectivity index (χ2n) is 2.83. The molecule has 0 unspecified atom stereocenters. The van der Waals surface area contributed by atoms with Crippen molar-refractivity contribution in [2.24, 2.45) is 0 Å². The van der Waals surface area contributed by atoms with E-state index < -0.39 is 0 Å². The number of hydrogen-bond donors (Lipinski definition) is 0. The fourth-order valence-corrected chi connectivity index (χ4v) is 1.76. The van der Waals surface area contributed by atoms with E-state index >= 15 is 0 Å². The topological polar surface area (TPSA) is 38.8 Å². The number of carbonyl (C=O) groups is 1. The average Bonchev–Trinajstić information content (AvgIpc) is 2.46. The van der Waals surface area contributed by atoms with Gasteiger partial charge < -0.3 is 9.47 Å². The van der Waals surface area contributed by atoms with Crippen LogP contribution in [0.25, 0.3) is 0 Å². The smallest absolute Gasteiger partial charge is 0.167 e. The zero-order valence-corrected chi connectivity index (χ0v) is 4.74. The third-order valence-corrected chi connectivity index (χ3v) is 2.27. The summed E-state index contributed by atoms with van der Waals surface area (Å²) in [5, 5.41) is 0. The van der Waals surface area contributed by atoms with Crippen LogP contribution in [0.2, 0.25) is 0 Å². The van der Waals surface area contributed by atoms with Gasteiger partial charge in [-0.1, -0.05) is 0 Å². The molecular formula is C6H6O3. The SMILES string of the molecule is O=C1C[C@H]2O[C@@H]1[C@@H]1O[C@@H]12. The Bertz CT molecular complexity index is 189. The van der Waals surface area contributed by atoms with Crippen molar-refractivity contribution in [3.05, 3.63) is 0 Å². The molecule has 3 nitrogen and oxygen atoms in total. The summed E-state index contributed by atoms with van der Waals surface area (Å²) in [4.78, 5) is 10.9. The first-order valence-electron chi connectivity index (χ1n) is 3.20. The van der Waals surface area contributed by atoms with Crippen LogP contribution in [-0.2, 0) is 14.3 Å². The molecule has 3 aliphatic heterocycles. The first kappa shape index (κ1) is 4.41. The zero-order chi connectivity index (χ0) is 6.01. The molecule has 0 aromatic rings. The molecule has 3 saturated heterocycles. The molecule has 3 rings (SSSR count). The average molecular weight is 126 g/mol. The number of Topliss-reactive ketones (excluding diaryl/α,β-unsaturated/α-hetero) is 1. The van der Waals surface area contributed by atoms with Crippen LogP contribution in [-0.4, -0.2) is 30.2 Å². The molecule has 3 heterocycles. The summed E-state index contributed by atoms with van der Waals surface area (Å²) in [5.74, 6) is 0.235. The minimum atomic E-state index is -0.181. The van der Waals surface area contributed by atoms with Crippen molar-refractivity contribution < 1.29 is 14.3 Å². The zero-order valence-electron chi connectivity index (χ0n) is 4.74. The molecule has 0 aliphatic carbocycles. The second kappa shape index (κ2) is 1.07. The second-order valence-corrected chi connectivity index (χ2v) is 2.83. The van der Waals surface area contributed by atoms with E-state index in [1.807, 2.05) is 0 Å². The maximum absolute atomic E-state index is 10.9. The summed E-state index contributed by atoms with van der Waals surface area (Å²) in [6.07, 6.45) is 0.961. The molecule has 0 saturated carbocycles. The third kappa shape index (κ3) is 0.362. The molecule has 0 amide bonds. The van der Waals surface area contributed by atoms with Crippen LogP contribution >= 0.6 is 0 Å². The molecule has 4 atom stereocenters. The van der Waals surface area contributed by atoms with E-state index in [1.165, 1.54) is 0 Å². The lowest BCUT2D eigenvalue weighted by Crippen LogP contribution is -2.22. The van der Waals surface area contributed by atoms with Crippen LogP contribution in [0.15, 0.2) is 0 Å². The lowest BCUT2D eigenvalue weighted by Gasteiger charge is -1.99. The lowest BCUT2D eigenvalue weighted by atomic mass is 10.00. The Morgan fingerprint density at radius 2 is 2.22 bits per heavy atom. The Kier molecular flexibility index (Phi) is 0.522. The van der Waals surface area contributed by atoms with Crippen LogP contribution in [0, 0.1) is 0 Å². The highest BCUT2D eigenvalue weighted by molar-refractivity contribution is 5.88. The largest absolute Gasteiger partial charge is 0.363 e. The van der Waals surface area contributed by atoms with Crippen LogP contribution in [0.3, 0.4) is 0 Å². The molecule has 3 heteroatoms. The number of rotatable bonds is 0. The van der Waals surface area contributed by atoms with E-state index in [2.05, 4.69) is 0 Å². The highest BCUT2D eigenvalue weighted by Crippen LogP contribution is 2.46. The first-order valence-corrected chi connectivity index (χ1v) is 3.20. The fourth-order valence-electron chi connectivity index (χ4n) is 1.76. The molecule has 2 bridgehead atoms. The van der Waals surface area contributed by atoms with Crippen molar-refractivity contribution >= 4 is 5.78 Å². The summed E-state index contributed by atoms with van der Waals surface area (Å²) < 4.78 is 10.4. The summed E-state index contributed by atoms with van der Waals surface area (Å²) in [5.41, 5.74) is 0. The van der Waals surface area contributed by atoms with E-state index in [9.17, 15) is 4.79 Å². The standard InChI is InChI=1S/C6H6O3/c7-2-1-3-5-6(9-5)4(2)8-3/h3-6H,1H2/t3-,4+,5-,6+/m1/s1. The molecule has 3 aliphatic rings. The monoisotopic (exact) mass is 126 g/mol. The van der Waals surface area contributed by atoms with Gasteiger partial charge in [0.25, 0.3) is 0 Å². The predicted octanol–water partition coefficient (Wildman–Crippen LogP) is -0.506. The number of hydrogen-bond acceptors (Lipinski definition) is 3. The minimum absolute atomic E-state index is 0.118. The Morgan fingerprint density at radius 3 is 2.78 bits per heavy atom. The molecule has 0 N–H and O–H groups in total. The van der Waals surface area contributed by atoms with Crippen molar-refractivity contribution in [3.8, 4) is 0 Å². The van der Waals surface area contributed by atoms with Gasteiger partial charge in [-0.25, -0.2) is 0 Å². The number of epoxide rings is 1. The van der Waals surface area contributed by atoms with Crippen LogP contribution < -0.4 is 0 Å². The third-order valence-electron chi connectivity index (χ3n) is 2.27. The maximum Gasteiger partial charge on any atom is 0.167 e. The Hall–Kier alpha value is -0.410. The van der Waals surface area contributed by atoms with Crippen molar-refractivity contribution in [2.45, 2.75) is 30.8 Å². The van der Waals surface area contributed by atoms with Gasteiger partial charge in [0, 0.05) is 6.42 Å². The Labute approximate surface area is 51.9 Å². The number of fused-ring (bicyclic) bond motifs is 5. The minimum Gasteiger partial charge on any atom is -0.363 e. The van der Waals surface area contributed by atoms with Crippen LogP contribution in [0.1, 0.15) is 6.42 Å². The quantitative estimate of drug-likeness (QED) is 0.410. The Morgan fingerprint density at radius 1 is 1.33 bits per heavy atom. The van der Waals surface area contributed by atoms with Crippen molar-refractivity contribution in [1.29, 1.82) is 0 Å². The summed E-state index contributed by atoms with van der Waals surface area (Å²) in [7, 11) is 0. The molecular weight excluding hydrogens is 120 g/mol. The molecule has 0 aromatic heterocycles. The van der Waals surface area contributed by atoms with Gasteiger partial charge in [0.2, 0.25) is 0 Å². The van der Waals surface area contributed by atoms with Crippen LogP contribution in [0.5, 0.6) is 0 Å². The highest BCUT2D eigenvalue weighted by atomic mass is 16.7. The maximum atomic E-state index is 10.9. The van der Waals surface area contributed by atoms with Gasteiger partial charge in [0.1, 0.15) is 18.3 Å². The van der Waals surface area contributed by atoms with E-state index in [-0.39, 0.29) is 30.2 Å². The van der Waals surface area contributed by atoms with Gasteiger partial charge in [0.05, 0.1) is 6.10 Å². The van der Waals surface area contributed by atoms with Gasteiger partial charge in [0.15, 0.2) is 5.78 Å². The van der Waals surface area contributed by atoms with Crippen molar-refractivity contribution in [1.82, 2.24) is 0 Å².